The fourth-order valence-corrected chi connectivity index (χ4v) is 4.58. The molecule has 3 aromatic rings. The number of benzene rings is 3. The van der Waals surface area contributed by atoms with Crippen molar-refractivity contribution in [3.8, 4) is 0 Å². The van der Waals surface area contributed by atoms with E-state index in [0.717, 1.165) is 22.3 Å². The molecule has 2 nitrogen and oxygen atoms in total. The largest absolute Gasteiger partial charge is 0.392 e. The number of hydrogen-bond donors (Lipinski definition) is 2. The van der Waals surface area contributed by atoms with Gasteiger partial charge in [0.15, 0.2) is 0 Å². The molecule has 2 aliphatic carbocycles. The second kappa shape index (κ2) is 5.04. The Balaban J connectivity index is 1.89. The maximum absolute atomic E-state index is 11.0. The molecule has 3 aromatic carbocycles. The summed E-state index contributed by atoms with van der Waals surface area (Å²) >= 11 is 0. The first-order valence-corrected chi connectivity index (χ1v) is 8.40. The van der Waals surface area contributed by atoms with Crippen molar-refractivity contribution in [3.63, 3.8) is 0 Å². The zero-order valence-electron chi connectivity index (χ0n) is 13.2. The van der Waals surface area contributed by atoms with Crippen molar-refractivity contribution in [1.82, 2.24) is 0 Å². The fourth-order valence-electron chi connectivity index (χ4n) is 4.58. The summed E-state index contributed by atoms with van der Waals surface area (Å²) < 4.78 is 0. The highest BCUT2D eigenvalue weighted by molar-refractivity contribution is 5.91. The highest BCUT2D eigenvalue weighted by atomic mass is 16.3. The van der Waals surface area contributed by atoms with Crippen LogP contribution in [0.2, 0.25) is 0 Å². The summed E-state index contributed by atoms with van der Waals surface area (Å²) in [6.07, 6.45) is 3.70. The molecule has 3 atom stereocenters. The molecular formula is C22H18O2. The number of aliphatic hydroxyl groups excluding tert-OH is 2. The van der Waals surface area contributed by atoms with Gasteiger partial charge in [-0.25, -0.2) is 0 Å². The number of rotatable bonds is 1. The van der Waals surface area contributed by atoms with Crippen molar-refractivity contribution in [2.24, 2.45) is 5.92 Å². The number of hydrogen-bond acceptors (Lipinski definition) is 2. The molecule has 24 heavy (non-hydrogen) atoms. The third-order valence-electron chi connectivity index (χ3n) is 5.58. The quantitative estimate of drug-likeness (QED) is 0.708. The Morgan fingerprint density at radius 3 is 2.42 bits per heavy atom. The van der Waals surface area contributed by atoms with Crippen LogP contribution in [0.25, 0.3) is 16.8 Å². The average molecular weight is 314 g/mol. The molecule has 118 valence electrons. The minimum atomic E-state index is -0.523. The van der Waals surface area contributed by atoms with Gasteiger partial charge in [-0.3, -0.25) is 0 Å². The molecular weight excluding hydrogens is 296 g/mol. The normalized spacial score (nSPS) is 23.8. The standard InChI is InChI=1S/C22H18O2/c23-12-15-7-1-4-14-10-11-18-21(19(14)15)16-8-2-5-13-6-3-9-17(20(13)16)22(18)24/h1-11,18,21-24H,12H2. The van der Waals surface area contributed by atoms with E-state index in [-0.39, 0.29) is 18.4 Å². The first-order chi connectivity index (χ1) is 11.8. The Bertz CT molecular complexity index is 981. The molecule has 3 unspecified atom stereocenters. The number of fused-ring (bicyclic) bond motifs is 4. The van der Waals surface area contributed by atoms with Crippen LogP contribution < -0.4 is 0 Å². The van der Waals surface area contributed by atoms with E-state index < -0.39 is 6.10 Å². The van der Waals surface area contributed by atoms with Crippen LogP contribution in [-0.2, 0) is 6.61 Å². The Labute approximate surface area is 140 Å². The average Bonchev–Trinajstić information content (AvgIpc) is 2.64. The molecule has 0 aliphatic heterocycles. The fraction of sp³-hybridized carbons (Fsp3) is 0.182. The molecule has 0 spiro atoms. The lowest BCUT2D eigenvalue weighted by Crippen LogP contribution is -2.28. The van der Waals surface area contributed by atoms with Crippen LogP contribution in [0.4, 0.5) is 0 Å². The minimum Gasteiger partial charge on any atom is -0.392 e. The lowest BCUT2D eigenvalue weighted by Gasteiger charge is -2.39. The van der Waals surface area contributed by atoms with Crippen molar-refractivity contribution in [1.29, 1.82) is 0 Å². The van der Waals surface area contributed by atoms with Gasteiger partial charge in [0.1, 0.15) is 0 Å². The highest BCUT2D eigenvalue weighted by Crippen LogP contribution is 2.52. The van der Waals surface area contributed by atoms with Gasteiger partial charge in [0.25, 0.3) is 0 Å². The van der Waals surface area contributed by atoms with Crippen LogP contribution in [0.5, 0.6) is 0 Å². The zero-order valence-corrected chi connectivity index (χ0v) is 13.2. The van der Waals surface area contributed by atoms with Crippen LogP contribution in [-0.4, -0.2) is 10.2 Å². The molecule has 2 N–H and O–H groups in total. The number of aliphatic hydroxyl groups is 2. The highest BCUT2D eigenvalue weighted by Gasteiger charge is 2.39. The SMILES string of the molecule is OCc1cccc2c1C1c3cccc4cccc(c34)C(O)C1C=C2. The van der Waals surface area contributed by atoms with Gasteiger partial charge in [0.2, 0.25) is 0 Å². The van der Waals surface area contributed by atoms with Crippen LogP contribution in [0.1, 0.15) is 39.8 Å². The maximum Gasteiger partial charge on any atom is 0.0867 e. The van der Waals surface area contributed by atoms with Crippen molar-refractivity contribution in [2.75, 3.05) is 0 Å². The van der Waals surface area contributed by atoms with E-state index >= 15 is 0 Å². The first-order valence-electron chi connectivity index (χ1n) is 8.40. The summed E-state index contributed by atoms with van der Waals surface area (Å²) in [6.45, 7) is 0.0218. The lowest BCUT2D eigenvalue weighted by atomic mass is 9.66. The third-order valence-corrected chi connectivity index (χ3v) is 5.58. The molecule has 5 rings (SSSR count). The van der Waals surface area contributed by atoms with E-state index in [9.17, 15) is 10.2 Å². The van der Waals surface area contributed by atoms with E-state index in [1.165, 1.54) is 16.3 Å². The predicted octanol–water partition coefficient (Wildman–Crippen LogP) is 4.15. The van der Waals surface area contributed by atoms with Gasteiger partial charge in [-0.05, 0) is 38.6 Å². The molecule has 0 bridgehead atoms. The van der Waals surface area contributed by atoms with Crippen molar-refractivity contribution < 1.29 is 10.2 Å². The summed E-state index contributed by atoms with van der Waals surface area (Å²) in [5, 5.41) is 23.2. The summed E-state index contributed by atoms with van der Waals surface area (Å²) in [5.41, 5.74) is 5.53. The Morgan fingerprint density at radius 1 is 0.875 bits per heavy atom. The van der Waals surface area contributed by atoms with Crippen LogP contribution in [0.3, 0.4) is 0 Å². The van der Waals surface area contributed by atoms with Gasteiger partial charge < -0.3 is 10.2 Å². The van der Waals surface area contributed by atoms with Gasteiger partial charge in [0, 0.05) is 11.8 Å². The van der Waals surface area contributed by atoms with Gasteiger partial charge >= 0.3 is 0 Å². The van der Waals surface area contributed by atoms with E-state index in [1.54, 1.807) is 0 Å². The molecule has 0 heterocycles. The molecule has 2 heteroatoms. The van der Waals surface area contributed by atoms with Crippen molar-refractivity contribution in [2.45, 2.75) is 18.6 Å². The summed E-state index contributed by atoms with van der Waals surface area (Å²) in [7, 11) is 0. The second-order valence-electron chi connectivity index (χ2n) is 6.73. The van der Waals surface area contributed by atoms with Crippen LogP contribution in [0, 0.1) is 5.92 Å². The lowest BCUT2D eigenvalue weighted by molar-refractivity contribution is 0.120. The van der Waals surface area contributed by atoms with Gasteiger partial charge in [-0.1, -0.05) is 66.7 Å². The van der Waals surface area contributed by atoms with Gasteiger partial charge in [0.05, 0.1) is 12.7 Å². The Morgan fingerprint density at radius 2 is 1.62 bits per heavy atom. The van der Waals surface area contributed by atoms with Crippen molar-refractivity contribution in [3.05, 3.63) is 88.5 Å². The summed E-state index contributed by atoms with van der Waals surface area (Å²) in [5.74, 6) is 0.0904. The van der Waals surface area contributed by atoms with Gasteiger partial charge in [-0.2, -0.15) is 0 Å². The second-order valence-corrected chi connectivity index (χ2v) is 6.73. The zero-order chi connectivity index (χ0) is 16.3. The predicted molar refractivity (Wildman–Crippen MR) is 95.6 cm³/mol. The summed E-state index contributed by atoms with van der Waals surface area (Å²) in [6, 6.07) is 18.6. The van der Waals surface area contributed by atoms with Gasteiger partial charge in [-0.15, -0.1) is 0 Å². The molecule has 0 saturated carbocycles. The Hall–Kier alpha value is -2.42. The monoisotopic (exact) mass is 314 g/mol. The van der Waals surface area contributed by atoms with E-state index in [2.05, 4.69) is 42.5 Å². The molecule has 0 radical (unpaired) electrons. The van der Waals surface area contributed by atoms with Crippen LogP contribution in [0.15, 0.2) is 60.7 Å². The van der Waals surface area contributed by atoms with E-state index in [1.807, 2.05) is 24.3 Å². The smallest absolute Gasteiger partial charge is 0.0867 e. The molecule has 0 aromatic heterocycles. The molecule has 0 amide bonds. The first kappa shape index (κ1) is 14.0. The van der Waals surface area contributed by atoms with Crippen molar-refractivity contribution >= 4 is 16.8 Å². The minimum absolute atomic E-state index is 0.00528. The van der Waals surface area contributed by atoms with E-state index in [4.69, 9.17) is 0 Å². The molecule has 0 fully saturated rings. The topological polar surface area (TPSA) is 40.5 Å². The summed E-state index contributed by atoms with van der Waals surface area (Å²) in [4.78, 5) is 0. The maximum atomic E-state index is 11.0. The molecule has 0 saturated heterocycles. The van der Waals surface area contributed by atoms with Crippen LogP contribution >= 0.6 is 0 Å². The Kier molecular flexibility index (Phi) is 2.93. The molecule has 2 aliphatic rings. The van der Waals surface area contributed by atoms with E-state index in [0.29, 0.717) is 0 Å². The third kappa shape index (κ3) is 1.73.